The first-order chi connectivity index (χ1) is 14.3. The van der Waals surface area contributed by atoms with Crippen molar-refractivity contribution in [1.82, 2.24) is 10.2 Å². The molecule has 2 aromatic carbocycles. The molecule has 0 radical (unpaired) electrons. The van der Waals surface area contributed by atoms with Crippen molar-refractivity contribution in [3.63, 3.8) is 0 Å². The average molecular weight is 430 g/mol. The van der Waals surface area contributed by atoms with Crippen molar-refractivity contribution >= 4 is 21.6 Å². The molecule has 30 heavy (non-hydrogen) atoms. The monoisotopic (exact) mass is 429 g/mol. The number of nitrogens with one attached hydrogen (secondary N) is 2. The minimum absolute atomic E-state index is 0.166. The highest BCUT2D eigenvalue weighted by atomic mass is 32.2. The minimum atomic E-state index is -3.77. The zero-order valence-corrected chi connectivity index (χ0v) is 18.5. The van der Waals surface area contributed by atoms with E-state index in [2.05, 4.69) is 21.9 Å². The van der Waals surface area contributed by atoms with Gasteiger partial charge in [0.1, 0.15) is 0 Å². The number of hydrogen-bond donors (Lipinski definition) is 2. The second kappa shape index (κ2) is 10.1. The van der Waals surface area contributed by atoms with Crippen LogP contribution in [0.4, 0.5) is 5.69 Å². The summed E-state index contributed by atoms with van der Waals surface area (Å²) >= 11 is 0. The molecule has 0 spiro atoms. The Morgan fingerprint density at radius 2 is 1.73 bits per heavy atom. The maximum atomic E-state index is 12.7. The summed E-state index contributed by atoms with van der Waals surface area (Å²) in [7, 11) is -3.77. The van der Waals surface area contributed by atoms with E-state index in [0.29, 0.717) is 12.1 Å². The van der Waals surface area contributed by atoms with Crippen molar-refractivity contribution in [3.05, 3.63) is 59.7 Å². The van der Waals surface area contributed by atoms with Crippen LogP contribution in [0.15, 0.2) is 53.4 Å². The Labute approximate surface area is 179 Å². The van der Waals surface area contributed by atoms with Gasteiger partial charge in [-0.2, -0.15) is 0 Å². The summed E-state index contributed by atoms with van der Waals surface area (Å²) in [6.45, 7) is 7.97. The number of rotatable bonds is 8. The molecule has 3 rings (SSSR count). The third-order valence-corrected chi connectivity index (χ3v) is 6.94. The van der Waals surface area contributed by atoms with Crippen LogP contribution in [0.5, 0.6) is 0 Å². The SMILES string of the molecule is Cc1ccc(S(=O)(=O)Nc2ccccc2C(=O)NCCCN2CCC(C)CC2)cc1. The normalized spacial score (nSPS) is 15.7. The van der Waals surface area contributed by atoms with Crippen molar-refractivity contribution in [1.29, 1.82) is 0 Å². The molecule has 7 heteroatoms. The molecular weight excluding hydrogens is 398 g/mol. The van der Waals surface area contributed by atoms with E-state index in [1.54, 1.807) is 48.5 Å². The molecule has 1 amide bonds. The molecule has 0 saturated carbocycles. The van der Waals surface area contributed by atoms with E-state index in [-0.39, 0.29) is 16.5 Å². The molecule has 6 nitrogen and oxygen atoms in total. The highest BCUT2D eigenvalue weighted by Crippen LogP contribution is 2.21. The second-order valence-electron chi connectivity index (χ2n) is 8.10. The van der Waals surface area contributed by atoms with Crippen LogP contribution in [0.1, 0.15) is 42.1 Å². The number of likely N-dealkylation sites (tertiary alicyclic amines) is 1. The summed E-state index contributed by atoms with van der Waals surface area (Å²) in [6, 6.07) is 13.3. The first kappa shape index (κ1) is 22.3. The van der Waals surface area contributed by atoms with Gasteiger partial charge in [0.2, 0.25) is 0 Å². The van der Waals surface area contributed by atoms with Crippen molar-refractivity contribution < 1.29 is 13.2 Å². The van der Waals surface area contributed by atoms with Crippen LogP contribution in [0, 0.1) is 12.8 Å². The zero-order chi connectivity index (χ0) is 21.6. The third kappa shape index (κ3) is 6.06. The first-order valence-electron chi connectivity index (χ1n) is 10.5. The van der Waals surface area contributed by atoms with E-state index in [4.69, 9.17) is 0 Å². The summed E-state index contributed by atoms with van der Waals surface area (Å²) < 4.78 is 27.9. The number of carbonyl (C=O) groups excluding carboxylic acids is 1. The molecule has 1 fully saturated rings. The molecule has 0 aliphatic carbocycles. The Morgan fingerprint density at radius 1 is 1.07 bits per heavy atom. The van der Waals surface area contributed by atoms with Gasteiger partial charge < -0.3 is 10.2 Å². The number of nitrogens with zero attached hydrogens (tertiary/aromatic N) is 1. The zero-order valence-electron chi connectivity index (χ0n) is 17.7. The van der Waals surface area contributed by atoms with Crippen LogP contribution >= 0.6 is 0 Å². The maximum Gasteiger partial charge on any atom is 0.261 e. The number of amides is 1. The van der Waals surface area contributed by atoms with E-state index < -0.39 is 10.0 Å². The number of piperidine rings is 1. The van der Waals surface area contributed by atoms with Crippen LogP contribution in [0.3, 0.4) is 0 Å². The summed E-state index contributed by atoms with van der Waals surface area (Å²) in [4.78, 5) is 15.3. The van der Waals surface area contributed by atoms with Crippen LogP contribution in [-0.4, -0.2) is 45.4 Å². The largest absolute Gasteiger partial charge is 0.352 e. The number of benzene rings is 2. The van der Waals surface area contributed by atoms with Gasteiger partial charge in [-0.25, -0.2) is 8.42 Å². The molecule has 0 bridgehead atoms. The number of aryl methyl sites for hydroxylation is 1. The second-order valence-corrected chi connectivity index (χ2v) is 9.78. The van der Waals surface area contributed by atoms with Gasteiger partial charge in [0.15, 0.2) is 0 Å². The van der Waals surface area contributed by atoms with E-state index in [0.717, 1.165) is 37.5 Å². The molecule has 1 saturated heterocycles. The Balaban J connectivity index is 1.57. The smallest absolute Gasteiger partial charge is 0.261 e. The van der Waals surface area contributed by atoms with Gasteiger partial charge in [-0.3, -0.25) is 9.52 Å². The molecule has 162 valence electrons. The van der Waals surface area contributed by atoms with Crippen LogP contribution in [0.25, 0.3) is 0 Å². The summed E-state index contributed by atoms with van der Waals surface area (Å²) in [5.41, 5.74) is 1.58. The highest BCUT2D eigenvalue weighted by molar-refractivity contribution is 7.92. The van der Waals surface area contributed by atoms with Gasteiger partial charge in [-0.1, -0.05) is 36.8 Å². The highest BCUT2D eigenvalue weighted by Gasteiger charge is 2.19. The van der Waals surface area contributed by atoms with Crippen molar-refractivity contribution in [2.45, 2.75) is 38.0 Å². The first-order valence-corrected chi connectivity index (χ1v) is 12.0. The average Bonchev–Trinajstić information content (AvgIpc) is 2.73. The molecular formula is C23H31N3O3S. The lowest BCUT2D eigenvalue weighted by atomic mass is 9.99. The Kier molecular flexibility index (Phi) is 7.50. The fourth-order valence-corrected chi connectivity index (χ4v) is 4.66. The van der Waals surface area contributed by atoms with Crippen LogP contribution < -0.4 is 10.0 Å². The van der Waals surface area contributed by atoms with E-state index >= 15 is 0 Å². The Morgan fingerprint density at radius 3 is 2.43 bits per heavy atom. The Bertz CT molecular complexity index is 950. The fourth-order valence-electron chi connectivity index (χ4n) is 3.58. The number of para-hydroxylation sites is 1. The van der Waals surface area contributed by atoms with Crippen LogP contribution in [-0.2, 0) is 10.0 Å². The van der Waals surface area contributed by atoms with Crippen molar-refractivity contribution in [2.75, 3.05) is 30.9 Å². The molecule has 0 atom stereocenters. The molecule has 1 aliphatic rings. The molecule has 2 aromatic rings. The van der Waals surface area contributed by atoms with Crippen molar-refractivity contribution in [2.24, 2.45) is 5.92 Å². The van der Waals surface area contributed by atoms with Gasteiger partial charge in [0.05, 0.1) is 16.1 Å². The standard InChI is InChI=1S/C23H31N3O3S/c1-18-8-10-20(11-9-18)30(28,29)25-22-7-4-3-6-21(22)23(27)24-14-5-15-26-16-12-19(2)13-17-26/h3-4,6-11,19,25H,5,12-17H2,1-2H3,(H,24,27). The number of sulfonamides is 1. The minimum Gasteiger partial charge on any atom is -0.352 e. The lowest BCUT2D eigenvalue weighted by Crippen LogP contribution is -2.35. The van der Waals surface area contributed by atoms with Gasteiger partial charge in [0, 0.05) is 6.54 Å². The predicted molar refractivity (Wildman–Crippen MR) is 120 cm³/mol. The van der Waals surface area contributed by atoms with E-state index in [1.807, 2.05) is 6.92 Å². The van der Waals surface area contributed by atoms with Gasteiger partial charge >= 0.3 is 0 Å². The molecule has 1 heterocycles. The number of hydrogen-bond acceptors (Lipinski definition) is 4. The topological polar surface area (TPSA) is 78.5 Å². The molecule has 0 unspecified atom stereocenters. The quantitative estimate of drug-likeness (QED) is 0.628. The number of anilines is 1. The summed E-state index contributed by atoms with van der Waals surface area (Å²) in [5, 5.41) is 2.92. The molecule has 2 N–H and O–H groups in total. The van der Waals surface area contributed by atoms with E-state index in [1.165, 1.54) is 12.8 Å². The van der Waals surface area contributed by atoms with Crippen LogP contribution in [0.2, 0.25) is 0 Å². The lowest BCUT2D eigenvalue weighted by Gasteiger charge is -2.30. The summed E-state index contributed by atoms with van der Waals surface area (Å²) in [5.74, 6) is 0.533. The lowest BCUT2D eigenvalue weighted by molar-refractivity contribution is 0.0951. The Hall–Kier alpha value is -2.38. The van der Waals surface area contributed by atoms with Crippen molar-refractivity contribution in [3.8, 4) is 0 Å². The third-order valence-electron chi connectivity index (χ3n) is 5.56. The maximum absolute atomic E-state index is 12.7. The van der Waals surface area contributed by atoms with Gasteiger partial charge in [-0.05, 0) is 76.0 Å². The molecule has 1 aliphatic heterocycles. The summed E-state index contributed by atoms with van der Waals surface area (Å²) in [6.07, 6.45) is 3.35. The van der Waals surface area contributed by atoms with E-state index in [9.17, 15) is 13.2 Å². The van der Waals surface area contributed by atoms with Gasteiger partial charge in [-0.15, -0.1) is 0 Å². The van der Waals surface area contributed by atoms with Gasteiger partial charge in [0.25, 0.3) is 15.9 Å². The predicted octanol–water partition coefficient (Wildman–Crippen LogP) is 3.65. The molecule has 0 aromatic heterocycles. The number of carbonyl (C=O) groups is 1. The fraction of sp³-hybridized carbons (Fsp3) is 0.435.